The Labute approximate surface area is 184 Å². The lowest BCUT2D eigenvalue weighted by atomic mass is 9.94. The smallest absolute Gasteiger partial charge is 0.216 e. The molecule has 0 amide bonds. The molecule has 0 radical (unpaired) electrons. The first kappa shape index (κ1) is 24.1. The maximum atomic E-state index is 5.77. The zero-order valence-corrected chi connectivity index (χ0v) is 19.6. The highest BCUT2D eigenvalue weighted by Crippen LogP contribution is 2.22. The van der Waals surface area contributed by atoms with Crippen molar-refractivity contribution in [2.24, 2.45) is 4.99 Å². The van der Waals surface area contributed by atoms with Gasteiger partial charge in [-0.25, -0.2) is 9.98 Å². The number of aliphatic imine (C=N–C) groups is 1. The summed E-state index contributed by atoms with van der Waals surface area (Å²) in [5.74, 6) is 3.70. The Balaban J connectivity index is 0.00000392. The van der Waals surface area contributed by atoms with E-state index in [1.807, 2.05) is 31.2 Å². The van der Waals surface area contributed by atoms with E-state index in [0.717, 1.165) is 23.8 Å². The van der Waals surface area contributed by atoms with Crippen LogP contribution in [0.4, 0.5) is 0 Å². The lowest BCUT2D eigenvalue weighted by Gasteiger charge is -2.13. The second-order valence-electron chi connectivity index (χ2n) is 7.02. The molecule has 0 bridgehead atoms. The van der Waals surface area contributed by atoms with Gasteiger partial charge >= 0.3 is 0 Å². The fourth-order valence-electron chi connectivity index (χ4n) is 2.25. The third kappa shape index (κ3) is 7.95. The van der Waals surface area contributed by atoms with Gasteiger partial charge in [0.15, 0.2) is 5.96 Å². The SMILES string of the molecule is CCNC(=NCc1ncc(C(C)(C)C)o1)NCCOc1cccc(OC)c1.I. The molecule has 0 saturated carbocycles. The van der Waals surface area contributed by atoms with E-state index in [-0.39, 0.29) is 29.4 Å². The summed E-state index contributed by atoms with van der Waals surface area (Å²) in [5, 5.41) is 6.44. The molecular weight excluding hydrogens is 471 g/mol. The molecule has 7 nitrogen and oxygen atoms in total. The lowest BCUT2D eigenvalue weighted by Crippen LogP contribution is -2.39. The first-order chi connectivity index (χ1) is 12.9. The maximum Gasteiger partial charge on any atom is 0.216 e. The molecule has 0 aliphatic rings. The fraction of sp³-hybridized carbons (Fsp3) is 0.500. The van der Waals surface area contributed by atoms with E-state index in [0.29, 0.717) is 31.5 Å². The van der Waals surface area contributed by atoms with Gasteiger partial charge in [0.1, 0.15) is 30.4 Å². The summed E-state index contributed by atoms with van der Waals surface area (Å²) in [6, 6.07) is 7.54. The summed E-state index contributed by atoms with van der Waals surface area (Å²) in [6.07, 6.45) is 1.77. The summed E-state index contributed by atoms with van der Waals surface area (Å²) in [7, 11) is 1.64. The van der Waals surface area contributed by atoms with Crippen LogP contribution < -0.4 is 20.1 Å². The molecule has 1 heterocycles. The van der Waals surface area contributed by atoms with Crippen molar-refractivity contribution >= 4 is 29.9 Å². The highest BCUT2D eigenvalue weighted by Gasteiger charge is 2.18. The molecule has 0 spiro atoms. The van der Waals surface area contributed by atoms with Gasteiger partial charge in [-0.3, -0.25) is 0 Å². The van der Waals surface area contributed by atoms with Gasteiger partial charge in [-0.2, -0.15) is 0 Å². The number of hydrogen-bond donors (Lipinski definition) is 2. The molecule has 0 fully saturated rings. The quantitative estimate of drug-likeness (QED) is 0.248. The first-order valence-corrected chi connectivity index (χ1v) is 9.16. The number of nitrogens with zero attached hydrogens (tertiary/aromatic N) is 2. The Hall–Kier alpha value is -1.97. The molecule has 1 aromatic heterocycles. The summed E-state index contributed by atoms with van der Waals surface area (Å²) in [5.41, 5.74) is -0.0603. The third-order valence-corrected chi connectivity index (χ3v) is 3.71. The van der Waals surface area contributed by atoms with Crippen molar-refractivity contribution in [1.82, 2.24) is 15.6 Å². The van der Waals surface area contributed by atoms with Crippen molar-refractivity contribution in [2.75, 3.05) is 26.8 Å². The van der Waals surface area contributed by atoms with Crippen molar-refractivity contribution in [1.29, 1.82) is 0 Å². The number of guanidine groups is 1. The monoisotopic (exact) mass is 502 g/mol. The van der Waals surface area contributed by atoms with Crippen LogP contribution >= 0.6 is 24.0 Å². The minimum atomic E-state index is -0.0603. The van der Waals surface area contributed by atoms with E-state index in [2.05, 4.69) is 41.4 Å². The highest BCUT2D eigenvalue weighted by atomic mass is 127. The zero-order chi connectivity index (χ0) is 19.7. The van der Waals surface area contributed by atoms with Crippen molar-refractivity contribution in [3.05, 3.63) is 42.1 Å². The molecule has 0 aliphatic heterocycles. The molecule has 2 N–H and O–H groups in total. The Morgan fingerprint density at radius 1 is 1.21 bits per heavy atom. The molecule has 0 atom stereocenters. The van der Waals surface area contributed by atoms with Crippen LogP contribution in [0.1, 0.15) is 39.3 Å². The first-order valence-electron chi connectivity index (χ1n) is 9.16. The van der Waals surface area contributed by atoms with Gasteiger partial charge in [0.25, 0.3) is 0 Å². The summed E-state index contributed by atoms with van der Waals surface area (Å²) in [6.45, 7) is 10.6. The van der Waals surface area contributed by atoms with Gasteiger partial charge in [0.2, 0.25) is 5.89 Å². The second-order valence-corrected chi connectivity index (χ2v) is 7.02. The average molecular weight is 502 g/mol. The highest BCUT2D eigenvalue weighted by molar-refractivity contribution is 14.0. The van der Waals surface area contributed by atoms with Crippen LogP contribution in [0.3, 0.4) is 0 Å². The number of methoxy groups -OCH3 is 1. The van der Waals surface area contributed by atoms with E-state index >= 15 is 0 Å². The number of hydrogen-bond acceptors (Lipinski definition) is 5. The molecule has 8 heteroatoms. The molecule has 28 heavy (non-hydrogen) atoms. The molecule has 2 aromatic rings. The molecule has 0 aliphatic carbocycles. The Morgan fingerprint density at radius 2 is 1.96 bits per heavy atom. The summed E-state index contributed by atoms with van der Waals surface area (Å²) >= 11 is 0. The van der Waals surface area contributed by atoms with E-state index in [1.54, 1.807) is 13.3 Å². The van der Waals surface area contributed by atoms with E-state index in [9.17, 15) is 0 Å². The van der Waals surface area contributed by atoms with Crippen LogP contribution in [-0.2, 0) is 12.0 Å². The number of benzene rings is 1. The van der Waals surface area contributed by atoms with E-state index in [4.69, 9.17) is 13.9 Å². The summed E-state index contributed by atoms with van der Waals surface area (Å²) < 4.78 is 16.7. The summed E-state index contributed by atoms with van der Waals surface area (Å²) in [4.78, 5) is 8.81. The van der Waals surface area contributed by atoms with Crippen LogP contribution in [0, 0.1) is 0 Å². The van der Waals surface area contributed by atoms with Gasteiger partial charge in [-0.15, -0.1) is 24.0 Å². The number of oxazole rings is 1. The normalized spacial score (nSPS) is 11.5. The van der Waals surface area contributed by atoms with Gasteiger partial charge in [-0.05, 0) is 19.1 Å². The van der Waals surface area contributed by atoms with Gasteiger partial charge < -0.3 is 24.5 Å². The maximum absolute atomic E-state index is 5.77. The third-order valence-electron chi connectivity index (χ3n) is 3.71. The number of aromatic nitrogens is 1. The number of ether oxygens (including phenoxy) is 2. The molecule has 0 saturated heterocycles. The van der Waals surface area contributed by atoms with Gasteiger partial charge in [0, 0.05) is 18.0 Å². The Kier molecular flexibility index (Phi) is 10.1. The van der Waals surface area contributed by atoms with Crippen molar-refractivity contribution in [3.63, 3.8) is 0 Å². The number of halogens is 1. The van der Waals surface area contributed by atoms with Crippen LogP contribution in [-0.4, -0.2) is 37.7 Å². The molecular formula is C20H31IN4O3. The molecule has 1 aromatic carbocycles. The van der Waals surface area contributed by atoms with Crippen LogP contribution in [0.25, 0.3) is 0 Å². The Bertz CT molecular complexity index is 741. The zero-order valence-electron chi connectivity index (χ0n) is 17.2. The van der Waals surface area contributed by atoms with Crippen molar-refractivity contribution in [2.45, 2.75) is 39.7 Å². The van der Waals surface area contributed by atoms with Crippen LogP contribution in [0.5, 0.6) is 11.5 Å². The predicted octanol–water partition coefficient (Wildman–Crippen LogP) is 3.73. The number of rotatable bonds is 8. The van der Waals surface area contributed by atoms with Crippen LogP contribution in [0.2, 0.25) is 0 Å². The van der Waals surface area contributed by atoms with Gasteiger partial charge in [-0.1, -0.05) is 26.8 Å². The molecule has 0 unspecified atom stereocenters. The van der Waals surface area contributed by atoms with Crippen molar-refractivity contribution < 1.29 is 13.9 Å². The molecule has 2 rings (SSSR count). The van der Waals surface area contributed by atoms with E-state index in [1.165, 1.54) is 0 Å². The number of nitrogens with one attached hydrogen (secondary N) is 2. The topological polar surface area (TPSA) is 80.9 Å². The minimum absolute atomic E-state index is 0. The lowest BCUT2D eigenvalue weighted by molar-refractivity contribution is 0.319. The standard InChI is InChI=1S/C20H30N4O3.HI/c1-6-21-19(24-14-18-23-13-17(27-18)20(2,3)4)22-10-11-26-16-9-7-8-15(12-16)25-5;/h7-9,12-13H,6,10-11,14H2,1-5H3,(H2,21,22,24);1H. The van der Waals surface area contributed by atoms with Crippen LogP contribution in [0.15, 0.2) is 39.9 Å². The van der Waals surface area contributed by atoms with Gasteiger partial charge in [0.05, 0.1) is 19.9 Å². The second kappa shape index (κ2) is 11.8. The minimum Gasteiger partial charge on any atom is -0.497 e. The van der Waals surface area contributed by atoms with E-state index < -0.39 is 0 Å². The fourth-order valence-corrected chi connectivity index (χ4v) is 2.25. The predicted molar refractivity (Wildman–Crippen MR) is 122 cm³/mol. The molecule has 156 valence electrons. The average Bonchev–Trinajstić information content (AvgIpc) is 3.13. The largest absolute Gasteiger partial charge is 0.497 e. The Morgan fingerprint density at radius 3 is 2.61 bits per heavy atom. The van der Waals surface area contributed by atoms with Crippen molar-refractivity contribution in [3.8, 4) is 11.5 Å².